The highest BCUT2D eigenvalue weighted by molar-refractivity contribution is 5.99. The van der Waals surface area contributed by atoms with E-state index < -0.39 is 0 Å². The highest BCUT2D eigenvalue weighted by atomic mass is 16.2. The molecule has 0 aliphatic carbocycles. The van der Waals surface area contributed by atoms with Crippen molar-refractivity contribution in [3.63, 3.8) is 0 Å². The van der Waals surface area contributed by atoms with Crippen LogP contribution < -0.4 is 10.6 Å². The fourth-order valence-corrected chi connectivity index (χ4v) is 2.44. The van der Waals surface area contributed by atoms with Crippen molar-refractivity contribution < 1.29 is 9.59 Å². The Hall–Kier alpha value is -2.62. The maximum Gasteiger partial charge on any atom is 0.251 e. The Morgan fingerprint density at radius 2 is 1.52 bits per heavy atom. The van der Waals surface area contributed by atoms with E-state index in [2.05, 4.69) is 10.6 Å². The highest BCUT2D eigenvalue weighted by Crippen LogP contribution is 2.17. The largest absolute Gasteiger partial charge is 0.352 e. The van der Waals surface area contributed by atoms with Gasteiger partial charge in [0.2, 0.25) is 0 Å². The van der Waals surface area contributed by atoms with Crippen LogP contribution in [0, 0.1) is 0 Å². The first-order valence-corrected chi connectivity index (χ1v) is 7.89. The van der Waals surface area contributed by atoms with Gasteiger partial charge in [-0.25, -0.2) is 0 Å². The topological polar surface area (TPSA) is 58.2 Å². The van der Waals surface area contributed by atoms with Gasteiger partial charge in [0.15, 0.2) is 0 Å². The summed E-state index contributed by atoms with van der Waals surface area (Å²) in [5.41, 5.74) is 3.14. The number of rotatable bonds is 6. The van der Waals surface area contributed by atoms with Crippen molar-refractivity contribution in [3.05, 3.63) is 70.8 Å². The smallest absolute Gasteiger partial charge is 0.251 e. The standard InChI is InChI=1S/C19H22N2O2/c1-3-20-18(22)15-10-11-17(19(23)21-4-2)16(13-15)12-14-8-6-5-7-9-14/h5-11,13H,3-4,12H2,1-2H3,(H,20,22)(H,21,23). The van der Waals surface area contributed by atoms with E-state index in [1.54, 1.807) is 12.1 Å². The minimum absolute atomic E-state index is 0.110. The molecule has 4 nitrogen and oxygen atoms in total. The number of benzene rings is 2. The van der Waals surface area contributed by atoms with E-state index in [0.29, 0.717) is 30.6 Å². The van der Waals surface area contributed by atoms with Crippen LogP contribution in [-0.2, 0) is 6.42 Å². The Balaban J connectivity index is 2.38. The molecular weight excluding hydrogens is 288 g/mol. The van der Waals surface area contributed by atoms with Gasteiger partial charge in [-0.3, -0.25) is 9.59 Å². The first-order chi connectivity index (χ1) is 11.2. The first-order valence-electron chi connectivity index (χ1n) is 7.89. The molecule has 0 aliphatic heterocycles. The predicted octanol–water partition coefficient (Wildman–Crippen LogP) is 2.78. The number of hydrogen-bond acceptors (Lipinski definition) is 2. The fraction of sp³-hybridized carbons (Fsp3) is 0.263. The van der Waals surface area contributed by atoms with Crippen molar-refractivity contribution in [2.24, 2.45) is 0 Å². The van der Waals surface area contributed by atoms with Crippen LogP contribution in [0.25, 0.3) is 0 Å². The number of carbonyl (C=O) groups is 2. The normalized spacial score (nSPS) is 10.2. The summed E-state index contributed by atoms with van der Waals surface area (Å²) in [6, 6.07) is 15.2. The SMILES string of the molecule is CCNC(=O)c1ccc(C(=O)NCC)c(Cc2ccccc2)c1. The van der Waals surface area contributed by atoms with E-state index in [0.717, 1.165) is 11.1 Å². The second-order valence-electron chi connectivity index (χ2n) is 5.25. The molecule has 0 atom stereocenters. The van der Waals surface area contributed by atoms with Crippen LogP contribution in [0.5, 0.6) is 0 Å². The molecule has 0 heterocycles. The molecule has 23 heavy (non-hydrogen) atoms. The molecule has 0 saturated carbocycles. The molecule has 2 N–H and O–H groups in total. The first kappa shape index (κ1) is 16.7. The molecule has 0 saturated heterocycles. The number of carbonyl (C=O) groups excluding carboxylic acids is 2. The van der Waals surface area contributed by atoms with Gasteiger partial charge < -0.3 is 10.6 Å². The Labute approximate surface area is 136 Å². The fourth-order valence-electron chi connectivity index (χ4n) is 2.44. The summed E-state index contributed by atoms with van der Waals surface area (Å²) in [5, 5.41) is 5.61. The van der Waals surface area contributed by atoms with Crippen molar-refractivity contribution in [1.82, 2.24) is 10.6 Å². The van der Waals surface area contributed by atoms with E-state index in [1.807, 2.05) is 50.2 Å². The summed E-state index contributed by atoms with van der Waals surface area (Å²) in [6.45, 7) is 4.91. The predicted molar refractivity (Wildman–Crippen MR) is 91.7 cm³/mol. The summed E-state index contributed by atoms with van der Waals surface area (Å²) < 4.78 is 0. The third-order valence-electron chi connectivity index (χ3n) is 3.52. The van der Waals surface area contributed by atoms with Gasteiger partial charge in [0, 0.05) is 24.2 Å². The maximum atomic E-state index is 12.3. The molecule has 2 rings (SSSR count). The van der Waals surface area contributed by atoms with Crippen LogP contribution in [-0.4, -0.2) is 24.9 Å². The average Bonchev–Trinajstić information content (AvgIpc) is 2.56. The Bertz CT molecular complexity index is 681. The van der Waals surface area contributed by atoms with Gasteiger partial charge in [-0.05, 0) is 49.6 Å². The minimum Gasteiger partial charge on any atom is -0.352 e. The molecule has 0 bridgehead atoms. The van der Waals surface area contributed by atoms with Gasteiger partial charge in [-0.15, -0.1) is 0 Å². The molecule has 0 unspecified atom stereocenters. The van der Waals surface area contributed by atoms with Crippen molar-refractivity contribution >= 4 is 11.8 Å². The zero-order chi connectivity index (χ0) is 16.7. The molecule has 0 radical (unpaired) electrons. The van der Waals surface area contributed by atoms with Gasteiger partial charge >= 0.3 is 0 Å². The Morgan fingerprint density at radius 1 is 0.870 bits per heavy atom. The van der Waals surface area contributed by atoms with E-state index in [9.17, 15) is 9.59 Å². The summed E-state index contributed by atoms with van der Waals surface area (Å²) in [6.07, 6.45) is 0.612. The number of nitrogens with one attached hydrogen (secondary N) is 2. The third-order valence-corrected chi connectivity index (χ3v) is 3.52. The summed E-state index contributed by atoms with van der Waals surface area (Å²) >= 11 is 0. The van der Waals surface area contributed by atoms with Crippen molar-refractivity contribution in [2.45, 2.75) is 20.3 Å². The molecule has 2 amide bonds. The van der Waals surface area contributed by atoms with Crippen LogP contribution in [0.1, 0.15) is 45.7 Å². The number of amides is 2. The lowest BCUT2D eigenvalue weighted by Gasteiger charge is -2.12. The lowest BCUT2D eigenvalue weighted by molar-refractivity contribution is 0.0943. The van der Waals surface area contributed by atoms with E-state index in [4.69, 9.17) is 0 Å². The Morgan fingerprint density at radius 3 is 2.17 bits per heavy atom. The summed E-state index contributed by atoms with van der Waals surface area (Å²) in [4.78, 5) is 24.3. The molecule has 2 aromatic carbocycles. The molecular formula is C19H22N2O2. The van der Waals surface area contributed by atoms with E-state index in [1.165, 1.54) is 0 Å². The van der Waals surface area contributed by atoms with Gasteiger partial charge in [0.1, 0.15) is 0 Å². The van der Waals surface area contributed by atoms with Gasteiger partial charge in [0.05, 0.1) is 0 Å². The summed E-state index contributed by atoms with van der Waals surface area (Å²) in [7, 11) is 0. The highest BCUT2D eigenvalue weighted by Gasteiger charge is 2.14. The van der Waals surface area contributed by atoms with E-state index >= 15 is 0 Å². The zero-order valence-electron chi connectivity index (χ0n) is 13.6. The maximum absolute atomic E-state index is 12.3. The third kappa shape index (κ3) is 4.42. The molecule has 2 aromatic rings. The molecule has 0 spiro atoms. The quantitative estimate of drug-likeness (QED) is 0.862. The molecule has 0 aliphatic rings. The van der Waals surface area contributed by atoms with Crippen LogP contribution >= 0.6 is 0 Å². The van der Waals surface area contributed by atoms with Crippen molar-refractivity contribution in [2.75, 3.05) is 13.1 Å². The van der Waals surface area contributed by atoms with Crippen LogP contribution in [0.3, 0.4) is 0 Å². The van der Waals surface area contributed by atoms with Crippen LogP contribution in [0.4, 0.5) is 0 Å². The van der Waals surface area contributed by atoms with Crippen LogP contribution in [0.2, 0.25) is 0 Å². The van der Waals surface area contributed by atoms with Gasteiger partial charge in [-0.1, -0.05) is 30.3 Å². The van der Waals surface area contributed by atoms with Crippen molar-refractivity contribution in [1.29, 1.82) is 0 Å². The lowest BCUT2D eigenvalue weighted by atomic mass is 9.96. The van der Waals surface area contributed by atoms with Crippen molar-refractivity contribution in [3.8, 4) is 0 Å². The molecule has 0 fully saturated rings. The monoisotopic (exact) mass is 310 g/mol. The zero-order valence-corrected chi connectivity index (χ0v) is 13.6. The molecule has 4 heteroatoms. The van der Waals surface area contributed by atoms with Gasteiger partial charge in [0.25, 0.3) is 11.8 Å². The second kappa shape index (κ2) is 8.13. The van der Waals surface area contributed by atoms with E-state index in [-0.39, 0.29) is 11.8 Å². The Kier molecular flexibility index (Phi) is 5.92. The lowest BCUT2D eigenvalue weighted by Crippen LogP contribution is -2.26. The van der Waals surface area contributed by atoms with Gasteiger partial charge in [-0.2, -0.15) is 0 Å². The average molecular weight is 310 g/mol. The summed E-state index contributed by atoms with van der Waals surface area (Å²) in [5.74, 6) is -0.231. The number of hydrogen-bond donors (Lipinski definition) is 2. The molecule has 120 valence electrons. The second-order valence-corrected chi connectivity index (χ2v) is 5.25. The molecule has 0 aromatic heterocycles. The minimum atomic E-state index is -0.121. The van der Waals surface area contributed by atoms with Crippen LogP contribution in [0.15, 0.2) is 48.5 Å².